The van der Waals surface area contributed by atoms with Gasteiger partial charge < -0.3 is 14.7 Å². The predicted molar refractivity (Wildman–Crippen MR) is 81.4 cm³/mol. The fourth-order valence-electron chi connectivity index (χ4n) is 2.88. The first-order valence-corrected chi connectivity index (χ1v) is 7.47. The molecule has 1 N–H and O–H groups in total. The van der Waals surface area contributed by atoms with Gasteiger partial charge in [-0.05, 0) is 36.1 Å². The first kappa shape index (κ1) is 17.1. The van der Waals surface area contributed by atoms with Crippen molar-refractivity contribution in [1.29, 1.82) is 0 Å². The van der Waals surface area contributed by atoms with E-state index in [1.807, 2.05) is 0 Å². The van der Waals surface area contributed by atoms with Crippen molar-refractivity contribution in [2.75, 3.05) is 26.2 Å². The molecule has 2 rings (SSSR count). The average molecular weight is 322 g/mol. The molecule has 8 heteroatoms. The Bertz CT molecular complexity index is 592. The minimum Gasteiger partial charge on any atom is -0.465 e. The summed E-state index contributed by atoms with van der Waals surface area (Å²) in [5.41, 5.74) is 8.98. The normalized spacial score (nSPS) is 19.0. The van der Waals surface area contributed by atoms with Gasteiger partial charge in [0.15, 0.2) is 0 Å². The molecule has 1 amide bonds. The molecule has 23 heavy (non-hydrogen) atoms. The second-order valence-electron chi connectivity index (χ2n) is 5.43. The third-order valence-corrected chi connectivity index (χ3v) is 3.89. The third-order valence-electron chi connectivity index (χ3n) is 3.89. The highest BCUT2D eigenvalue weighted by molar-refractivity contribution is 5.65. The molecule has 0 saturated carbocycles. The van der Waals surface area contributed by atoms with Gasteiger partial charge in [-0.25, -0.2) is 9.18 Å². The van der Waals surface area contributed by atoms with E-state index < -0.39 is 12.2 Å². The number of benzene rings is 1. The van der Waals surface area contributed by atoms with Crippen molar-refractivity contribution in [3.63, 3.8) is 0 Å². The molecule has 0 aromatic heterocycles. The lowest BCUT2D eigenvalue weighted by Crippen LogP contribution is -2.41. The Hall–Kier alpha value is -2.31. The molecule has 1 aliphatic heterocycles. The number of ether oxygens (including phenoxy) is 1. The van der Waals surface area contributed by atoms with E-state index in [0.29, 0.717) is 18.7 Å². The highest BCUT2D eigenvalue weighted by Gasteiger charge is 2.31. The van der Waals surface area contributed by atoms with Crippen LogP contribution < -0.4 is 0 Å². The van der Waals surface area contributed by atoms with Crippen molar-refractivity contribution < 1.29 is 19.0 Å². The molecular weight excluding hydrogens is 303 g/mol. The van der Waals surface area contributed by atoms with Crippen LogP contribution in [0.25, 0.3) is 10.4 Å². The maximum Gasteiger partial charge on any atom is 0.407 e. The van der Waals surface area contributed by atoms with Gasteiger partial charge in [-0.3, -0.25) is 0 Å². The minimum atomic E-state index is -0.957. The number of piperidine rings is 1. The second kappa shape index (κ2) is 8.36. The number of rotatable bonds is 6. The molecular formula is C15H19FN4O3. The standard InChI is InChI=1S/C15H19FN4O3/c16-13-5-1-3-11(9-13)14(23-8-6-18-19-17)12-4-2-7-20(10-12)15(21)22/h1,3,5,9,12,14H,2,4,6-8,10H2,(H,21,22). The summed E-state index contributed by atoms with van der Waals surface area (Å²) in [4.78, 5) is 15.2. The van der Waals surface area contributed by atoms with Crippen molar-refractivity contribution in [3.05, 3.63) is 46.1 Å². The van der Waals surface area contributed by atoms with Gasteiger partial charge in [0.05, 0.1) is 12.7 Å². The number of hydrogen-bond donors (Lipinski definition) is 1. The van der Waals surface area contributed by atoms with Gasteiger partial charge in [0, 0.05) is 30.5 Å². The van der Waals surface area contributed by atoms with Crippen LogP contribution in [0.2, 0.25) is 0 Å². The Morgan fingerprint density at radius 3 is 3.13 bits per heavy atom. The number of carbonyl (C=O) groups is 1. The van der Waals surface area contributed by atoms with Crippen molar-refractivity contribution in [2.24, 2.45) is 11.0 Å². The zero-order valence-corrected chi connectivity index (χ0v) is 12.6. The zero-order chi connectivity index (χ0) is 16.7. The Morgan fingerprint density at radius 2 is 2.43 bits per heavy atom. The molecule has 2 atom stereocenters. The number of halogens is 1. The first-order chi connectivity index (χ1) is 11.1. The monoisotopic (exact) mass is 322 g/mol. The Kier molecular flexibility index (Phi) is 6.19. The molecule has 1 aromatic rings. The number of amides is 1. The predicted octanol–water partition coefficient (Wildman–Crippen LogP) is 3.58. The van der Waals surface area contributed by atoms with E-state index in [4.69, 9.17) is 15.4 Å². The maximum atomic E-state index is 13.5. The zero-order valence-electron chi connectivity index (χ0n) is 12.6. The van der Waals surface area contributed by atoms with E-state index in [1.54, 1.807) is 12.1 Å². The van der Waals surface area contributed by atoms with Gasteiger partial charge in [0.25, 0.3) is 0 Å². The van der Waals surface area contributed by atoms with Gasteiger partial charge in [-0.1, -0.05) is 17.2 Å². The Balaban J connectivity index is 2.14. The molecule has 0 aliphatic carbocycles. The molecule has 1 aliphatic rings. The number of likely N-dealkylation sites (tertiary alicyclic amines) is 1. The lowest BCUT2D eigenvalue weighted by Gasteiger charge is -2.35. The quantitative estimate of drug-likeness (QED) is 0.375. The molecule has 1 fully saturated rings. The number of hydrogen-bond acceptors (Lipinski definition) is 3. The summed E-state index contributed by atoms with van der Waals surface area (Å²) in [6.07, 6.45) is 0.151. The van der Waals surface area contributed by atoms with Crippen LogP contribution in [0, 0.1) is 11.7 Å². The average Bonchev–Trinajstić information content (AvgIpc) is 2.55. The fraction of sp³-hybridized carbons (Fsp3) is 0.533. The summed E-state index contributed by atoms with van der Waals surface area (Å²) in [6, 6.07) is 6.12. The van der Waals surface area contributed by atoms with Crippen molar-refractivity contribution in [2.45, 2.75) is 18.9 Å². The lowest BCUT2D eigenvalue weighted by atomic mass is 9.88. The minimum absolute atomic E-state index is 0.0623. The number of carboxylic acid groups (broad SMARTS) is 1. The molecule has 7 nitrogen and oxygen atoms in total. The van der Waals surface area contributed by atoms with Gasteiger partial charge in [-0.2, -0.15) is 0 Å². The molecule has 0 radical (unpaired) electrons. The van der Waals surface area contributed by atoms with Crippen LogP contribution in [0.15, 0.2) is 29.4 Å². The van der Waals surface area contributed by atoms with Gasteiger partial charge >= 0.3 is 6.09 Å². The van der Waals surface area contributed by atoms with Crippen LogP contribution in [-0.2, 0) is 4.74 Å². The van der Waals surface area contributed by atoms with E-state index in [1.165, 1.54) is 17.0 Å². The molecule has 1 saturated heterocycles. The molecule has 0 bridgehead atoms. The molecule has 2 unspecified atom stereocenters. The van der Waals surface area contributed by atoms with Crippen molar-refractivity contribution >= 4 is 6.09 Å². The summed E-state index contributed by atoms with van der Waals surface area (Å²) in [6.45, 7) is 1.23. The number of nitrogens with zero attached hydrogens (tertiary/aromatic N) is 4. The molecule has 1 heterocycles. The first-order valence-electron chi connectivity index (χ1n) is 7.47. The summed E-state index contributed by atoms with van der Waals surface area (Å²) >= 11 is 0. The smallest absolute Gasteiger partial charge is 0.407 e. The van der Waals surface area contributed by atoms with Crippen LogP contribution >= 0.6 is 0 Å². The Morgan fingerprint density at radius 1 is 1.61 bits per heavy atom. The van der Waals surface area contributed by atoms with E-state index in [-0.39, 0.29) is 24.9 Å². The maximum absolute atomic E-state index is 13.5. The Labute approximate surface area is 133 Å². The summed E-state index contributed by atoms with van der Waals surface area (Å²) in [7, 11) is 0. The van der Waals surface area contributed by atoms with Crippen LogP contribution in [0.3, 0.4) is 0 Å². The van der Waals surface area contributed by atoms with Crippen LogP contribution in [-0.4, -0.2) is 42.3 Å². The fourth-order valence-corrected chi connectivity index (χ4v) is 2.88. The SMILES string of the molecule is [N-]=[N+]=NCCOC(c1cccc(F)c1)C1CCCN(C(=O)O)C1. The largest absolute Gasteiger partial charge is 0.465 e. The van der Waals surface area contributed by atoms with Crippen LogP contribution in [0.4, 0.5) is 9.18 Å². The van der Waals surface area contributed by atoms with Crippen LogP contribution in [0.1, 0.15) is 24.5 Å². The summed E-state index contributed by atoms with van der Waals surface area (Å²) < 4.78 is 19.3. The van der Waals surface area contributed by atoms with Crippen molar-refractivity contribution in [1.82, 2.24) is 4.90 Å². The highest BCUT2D eigenvalue weighted by atomic mass is 19.1. The second-order valence-corrected chi connectivity index (χ2v) is 5.43. The van der Waals surface area contributed by atoms with E-state index >= 15 is 0 Å². The van der Waals surface area contributed by atoms with Gasteiger partial charge in [0.2, 0.25) is 0 Å². The number of azide groups is 1. The third kappa shape index (κ3) is 4.84. The van der Waals surface area contributed by atoms with Gasteiger partial charge in [-0.15, -0.1) is 0 Å². The van der Waals surface area contributed by atoms with E-state index in [0.717, 1.165) is 12.8 Å². The van der Waals surface area contributed by atoms with E-state index in [9.17, 15) is 9.18 Å². The molecule has 1 aromatic carbocycles. The van der Waals surface area contributed by atoms with Crippen LogP contribution in [0.5, 0.6) is 0 Å². The topological polar surface area (TPSA) is 98.5 Å². The molecule has 124 valence electrons. The highest BCUT2D eigenvalue weighted by Crippen LogP contribution is 2.33. The van der Waals surface area contributed by atoms with Gasteiger partial charge in [0.1, 0.15) is 5.82 Å². The summed E-state index contributed by atoms with van der Waals surface area (Å²) in [5.74, 6) is -0.426. The van der Waals surface area contributed by atoms with Crippen molar-refractivity contribution in [3.8, 4) is 0 Å². The molecule has 0 spiro atoms. The lowest BCUT2D eigenvalue weighted by molar-refractivity contribution is -0.00987. The summed E-state index contributed by atoms with van der Waals surface area (Å²) in [5, 5.41) is 12.6. The van der Waals surface area contributed by atoms with E-state index in [2.05, 4.69) is 10.0 Å².